The third-order valence-electron chi connectivity index (χ3n) is 9.26. The van der Waals surface area contributed by atoms with Gasteiger partial charge in [0.2, 0.25) is 0 Å². The van der Waals surface area contributed by atoms with E-state index >= 15 is 0 Å². The summed E-state index contributed by atoms with van der Waals surface area (Å²) in [6, 6.07) is 17.0. The fourth-order valence-electron chi connectivity index (χ4n) is 6.49. The second-order valence-electron chi connectivity index (χ2n) is 14.3. The fraction of sp³-hybridized carbons (Fsp3) is 0.422. The highest BCUT2D eigenvalue weighted by molar-refractivity contribution is 9.11. The largest absolute Gasteiger partial charge is 0.492 e. The summed E-state index contributed by atoms with van der Waals surface area (Å²) in [5.41, 5.74) is -1.47. The van der Waals surface area contributed by atoms with Crippen LogP contribution in [0, 0.1) is 0 Å². The van der Waals surface area contributed by atoms with Crippen LogP contribution in [0.1, 0.15) is 73.9 Å². The van der Waals surface area contributed by atoms with Gasteiger partial charge in [0.25, 0.3) is 0 Å². The van der Waals surface area contributed by atoms with Gasteiger partial charge in [0.1, 0.15) is 11.5 Å². The zero-order valence-electron chi connectivity index (χ0n) is 34.1. The molecule has 0 heterocycles. The maximum absolute atomic E-state index is 14.5. The quantitative estimate of drug-likeness (QED) is 0.0472. The Bertz CT molecular complexity index is 2090. The van der Waals surface area contributed by atoms with Gasteiger partial charge in [-0.05, 0) is 155 Å². The number of halogens is 8. The molecule has 0 radical (unpaired) electrons. The number of rotatable bonds is 22. The van der Waals surface area contributed by atoms with Crippen molar-refractivity contribution in [3.8, 4) is 22.6 Å². The van der Waals surface area contributed by atoms with E-state index in [0.717, 1.165) is 29.8 Å². The number of aliphatic carboxylic acids is 1. The average molecular weight is 991 g/mol. The van der Waals surface area contributed by atoms with Gasteiger partial charge in [0.15, 0.2) is 12.2 Å². The number of alkyl halides is 6. The maximum atomic E-state index is 14.5. The molecule has 0 aromatic heterocycles. The van der Waals surface area contributed by atoms with Gasteiger partial charge in [0, 0.05) is 26.1 Å². The molecule has 0 bridgehead atoms. The Kier molecular flexibility index (Phi) is 18.5. The molecule has 0 aliphatic heterocycles. The minimum absolute atomic E-state index is 0.124. The minimum atomic E-state index is -4.94. The van der Waals surface area contributed by atoms with Crippen LogP contribution in [-0.4, -0.2) is 61.8 Å². The summed E-state index contributed by atoms with van der Waals surface area (Å²) in [6.07, 6.45) is -10.6. The lowest BCUT2D eigenvalue weighted by Crippen LogP contribution is -2.30. The molecule has 0 aliphatic carbocycles. The molecule has 4 aromatic carbocycles. The van der Waals surface area contributed by atoms with E-state index in [4.69, 9.17) is 23.7 Å². The highest BCUT2D eigenvalue weighted by Crippen LogP contribution is 2.43. The molecular formula is C45H48Br2F6O8. The van der Waals surface area contributed by atoms with Crippen LogP contribution in [0.2, 0.25) is 0 Å². The first-order valence-electron chi connectivity index (χ1n) is 19.7. The molecule has 0 saturated heterocycles. The molecule has 61 heavy (non-hydrogen) atoms. The molecule has 0 fully saturated rings. The first-order chi connectivity index (χ1) is 28.8. The molecule has 0 spiro atoms. The van der Waals surface area contributed by atoms with Gasteiger partial charge in [0.05, 0.1) is 39.4 Å². The number of hydrogen-bond donors (Lipinski definition) is 1. The lowest BCUT2D eigenvalue weighted by molar-refractivity contribution is -0.160. The first-order valence-corrected chi connectivity index (χ1v) is 21.3. The number of hydrogen-bond acceptors (Lipinski definition) is 7. The summed E-state index contributed by atoms with van der Waals surface area (Å²) < 4.78 is 116. The molecule has 332 valence electrons. The van der Waals surface area contributed by atoms with Crippen molar-refractivity contribution in [3.63, 3.8) is 0 Å². The molecule has 0 saturated carbocycles. The molecule has 0 amide bonds. The minimum Gasteiger partial charge on any atom is -0.492 e. The van der Waals surface area contributed by atoms with Crippen LogP contribution in [0.15, 0.2) is 81.7 Å². The van der Waals surface area contributed by atoms with Crippen LogP contribution in [0.5, 0.6) is 11.5 Å². The van der Waals surface area contributed by atoms with Gasteiger partial charge >= 0.3 is 24.3 Å². The third-order valence-corrected chi connectivity index (χ3v) is 10.5. The van der Waals surface area contributed by atoms with Crippen LogP contribution in [0.4, 0.5) is 26.3 Å². The lowest BCUT2D eigenvalue weighted by Gasteiger charge is -2.20. The van der Waals surface area contributed by atoms with E-state index in [-0.39, 0.29) is 62.7 Å². The summed E-state index contributed by atoms with van der Waals surface area (Å²) in [5.74, 6) is -0.621. The summed E-state index contributed by atoms with van der Waals surface area (Å²) in [4.78, 5) is 23.9. The van der Waals surface area contributed by atoms with E-state index < -0.39 is 58.8 Å². The zero-order chi connectivity index (χ0) is 44.9. The predicted molar refractivity (Wildman–Crippen MR) is 225 cm³/mol. The van der Waals surface area contributed by atoms with Gasteiger partial charge in [-0.15, -0.1) is 0 Å². The molecule has 0 aliphatic rings. The van der Waals surface area contributed by atoms with Crippen LogP contribution >= 0.6 is 31.9 Å². The number of carbonyl (C=O) groups is 2. The van der Waals surface area contributed by atoms with E-state index in [1.54, 1.807) is 64.1 Å². The van der Waals surface area contributed by atoms with Gasteiger partial charge in [-0.1, -0.05) is 36.4 Å². The normalized spacial score (nSPS) is 12.9. The predicted octanol–water partition coefficient (Wildman–Crippen LogP) is 11.9. The van der Waals surface area contributed by atoms with E-state index in [0.29, 0.717) is 45.5 Å². The smallest absolute Gasteiger partial charge is 0.417 e. The lowest BCUT2D eigenvalue weighted by atomic mass is 9.91. The number of carboxylic acids is 1. The van der Waals surface area contributed by atoms with Crippen molar-refractivity contribution in [3.05, 3.63) is 115 Å². The van der Waals surface area contributed by atoms with Crippen molar-refractivity contribution in [1.82, 2.24) is 0 Å². The van der Waals surface area contributed by atoms with Gasteiger partial charge in [-0.25, -0.2) is 9.59 Å². The zero-order valence-corrected chi connectivity index (χ0v) is 37.2. The number of benzene rings is 4. The van der Waals surface area contributed by atoms with Crippen molar-refractivity contribution in [2.75, 3.05) is 26.4 Å². The second kappa shape index (κ2) is 22.8. The molecule has 2 atom stereocenters. The van der Waals surface area contributed by atoms with Crippen molar-refractivity contribution in [2.45, 2.75) is 96.9 Å². The Labute approximate surface area is 368 Å². The van der Waals surface area contributed by atoms with E-state index in [2.05, 4.69) is 31.9 Å². The number of aryl methyl sites for hydroxylation is 2. The topological polar surface area (TPSA) is 101 Å². The third kappa shape index (κ3) is 15.0. The first kappa shape index (κ1) is 49.5. The Morgan fingerprint density at radius 3 is 1.41 bits per heavy atom. The van der Waals surface area contributed by atoms with Crippen molar-refractivity contribution in [1.29, 1.82) is 0 Å². The summed E-state index contributed by atoms with van der Waals surface area (Å²) in [7, 11) is 0. The Morgan fingerprint density at radius 1 is 0.623 bits per heavy atom. The Morgan fingerprint density at radius 2 is 1.03 bits per heavy atom. The Balaban J connectivity index is 1.39. The average Bonchev–Trinajstić information content (AvgIpc) is 3.18. The molecule has 4 aromatic rings. The molecule has 16 heteroatoms. The summed E-state index contributed by atoms with van der Waals surface area (Å²) in [6.45, 7) is 7.80. The van der Waals surface area contributed by atoms with Gasteiger partial charge in [-0.3, -0.25) is 0 Å². The van der Waals surface area contributed by atoms with Crippen LogP contribution < -0.4 is 9.47 Å². The summed E-state index contributed by atoms with van der Waals surface area (Å²) in [5, 5.41) is 9.35. The fourth-order valence-corrected chi connectivity index (χ4v) is 7.57. The number of carboxylic acid groups (broad SMARTS) is 1. The van der Waals surface area contributed by atoms with Crippen molar-refractivity contribution in [2.24, 2.45) is 0 Å². The molecule has 1 N–H and O–H groups in total. The Hall–Kier alpha value is -4.12. The highest BCUT2D eigenvalue weighted by Gasteiger charge is 2.39. The molecule has 4 rings (SSSR count). The van der Waals surface area contributed by atoms with E-state index in [9.17, 15) is 41.0 Å². The van der Waals surface area contributed by atoms with E-state index in [1.807, 2.05) is 0 Å². The van der Waals surface area contributed by atoms with Crippen molar-refractivity contribution >= 4 is 43.8 Å². The molecule has 8 nitrogen and oxygen atoms in total. The molecule has 2 unspecified atom stereocenters. The van der Waals surface area contributed by atoms with Crippen LogP contribution in [-0.2, 0) is 61.8 Å². The summed E-state index contributed by atoms with van der Waals surface area (Å²) >= 11 is 6.87. The van der Waals surface area contributed by atoms with Gasteiger partial charge < -0.3 is 28.8 Å². The standard InChI is InChI=1S/C45H48Br2F6O8/c1-5-57-40(42(54)55)25-30-13-17-38(36(46)23-30)59-19-7-9-28-11-15-32(34(21-28)44(48,49)50)33-16-12-29(22-35(33)45(51,52)53)10-8-20-60-39-18-14-31(24-37(39)47)26-41(58-6-2)43(56)61-27(3)4/h11-18,21-24,27,40-41H,5-10,19-20,25-26H2,1-4H3,(H,54,55). The highest BCUT2D eigenvalue weighted by atomic mass is 79.9. The molecular weight excluding hydrogens is 942 g/mol. The van der Waals surface area contributed by atoms with Crippen LogP contribution in [0.25, 0.3) is 11.1 Å². The SMILES string of the molecule is CCOC(Cc1ccc(OCCCc2ccc(-c3ccc(CCCOc4ccc(CC(OCC)C(=O)OC(C)C)cc4Br)cc3C(F)(F)F)c(C(F)(F)F)c2)c(Br)c1)C(=O)O. The van der Waals surface area contributed by atoms with Crippen LogP contribution in [0.3, 0.4) is 0 Å². The van der Waals surface area contributed by atoms with Gasteiger partial charge in [-0.2, -0.15) is 26.3 Å². The van der Waals surface area contributed by atoms with E-state index in [1.165, 1.54) is 12.1 Å². The maximum Gasteiger partial charge on any atom is 0.417 e. The number of esters is 1. The second-order valence-corrected chi connectivity index (χ2v) is 16.0. The monoisotopic (exact) mass is 988 g/mol. The number of carbonyl (C=O) groups excluding carboxylic acids is 1. The number of ether oxygens (including phenoxy) is 5. The van der Waals surface area contributed by atoms with Crippen molar-refractivity contribution < 1.29 is 64.7 Å².